The molecule has 3 rings (SSSR count). The Morgan fingerprint density at radius 2 is 2.38 bits per heavy atom. The Balaban J connectivity index is 2.04. The fourth-order valence-electron chi connectivity index (χ4n) is 2.04. The highest BCUT2D eigenvalue weighted by molar-refractivity contribution is 5.46. The van der Waals surface area contributed by atoms with Gasteiger partial charge in [-0.2, -0.15) is 0 Å². The van der Waals surface area contributed by atoms with Crippen molar-refractivity contribution in [3.63, 3.8) is 0 Å². The normalized spacial score (nSPS) is 19.8. The average molecular weight is 218 g/mol. The number of aromatic nitrogens is 3. The van der Waals surface area contributed by atoms with Gasteiger partial charge in [0.2, 0.25) is 5.82 Å². The molecular weight excluding hydrogens is 204 g/mol. The van der Waals surface area contributed by atoms with Crippen LogP contribution in [0.1, 0.15) is 30.5 Å². The van der Waals surface area contributed by atoms with Gasteiger partial charge in [0.15, 0.2) is 5.76 Å². The summed E-state index contributed by atoms with van der Waals surface area (Å²) in [5.41, 5.74) is 5.99. The molecule has 2 N–H and O–H groups in total. The van der Waals surface area contributed by atoms with E-state index in [-0.39, 0.29) is 6.04 Å². The Bertz CT molecular complexity index is 514. The molecule has 5 heteroatoms. The van der Waals surface area contributed by atoms with Crippen molar-refractivity contribution in [1.29, 1.82) is 0 Å². The molecule has 1 aliphatic heterocycles. The summed E-state index contributed by atoms with van der Waals surface area (Å²) in [6, 6.07) is 3.81. The molecule has 2 aromatic rings. The van der Waals surface area contributed by atoms with Crippen LogP contribution in [-0.4, -0.2) is 14.8 Å². The van der Waals surface area contributed by atoms with Gasteiger partial charge in [-0.25, -0.2) is 9.67 Å². The Kier molecular flexibility index (Phi) is 2.07. The number of rotatable bonds is 1. The lowest BCUT2D eigenvalue weighted by Crippen LogP contribution is -2.22. The molecule has 1 atom stereocenters. The van der Waals surface area contributed by atoms with E-state index in [1.807, 2.05) is 23.7 Å². The molecule has 0 amide bonds. The van der Waals surface area contributed by atoms with Crippen molar-refractivity contribution < 1.29 is 4.42 Å². The molecule has 0 saturated heterocycles. The quantitative estimate of drug-likeness (QED) is 0.790. The standard InChI is InChI=1S/C11H14N4O/c1-7-4-5-9(16-7)10-13-11-8(12)3-2-6-15(11)14-10/h4-5,8H,2-3,6,12H2,1H3. The maximum absolute atomic E-state index is 5.99. The summed E-state index contributed by atoms with van der Waals surface area (Å²) in [5.74, 6) is 3.09. The van der Waals surface area contributed by atoms with E-state index >= 15 is 0 Å². The summed E-state index contributed by atoms with van der Waals surface area (Å²) >= 11 is 0. The zero-order chi connectivity index (χ0) is 11.1. The smallest absolute Gasteiger partial charge is 0.217 e. The van der Waals surface area contributed by atoms with Crippen molar-refractivity contribution in [3.05, 3.63) is 23.7 Å². The highest BCUT2D eigenvalue weighted by atomic mass is 16.3. The molecule has 3 heterocycles. The van der Waals surface area contributed by atoms with Crippen molar-refractivity contribution in [1.82, 2.24) is 14.8 Å². The lowest BCUT2D eigenvalue weighted by Gasteiger charge is -2.17. The lowest BCUT2D eigenvalue weighted by atomic mass is 10.1. The highest BCUT2D eigenvalue weighted by Crippen LogP contribution is 2.25. The number of nitrogens with zero attached hydrogens (tertiary/aromatic N) is 3. The predicted octanol–water partition coefficient (Wildman–Crippen LogP) is 1.64. The van der Waals surface area contributed by atoms with Crippen LogP contribution in [0.4, 0.5) is 0 Å². The third-order valence-electron chi connectivity index (χ3n) is 2.88. The first kappa shape index (κ1) is 9.59. The number of fused-ring (bicyclic) bond motifs is 1. The number of hydrogen-bond acceptors (Lipinski definition) is 4. The number of furan rings is 1. The van der Waals surface area contributed by atoms with E-state index in [0.717, 1.165) is 31.0 Å². The molecular formula is C11H14N4O. The first-order valence-corrected chi connectivity index (χ1v) is 5.51. The Hall–Kier alpha value is -1.62. The molecule has 0 fully saturated rings. The summed E-state index contributed by atoms with van der Waals surface area (Å²) in [5, 5.41) is 4.42. The Morgan fingerprint density at radius 1 is 1.50 bits per heavy atom. The van der Waals surface area contributed by atoms with Gasteiger partial charge in [0, 0.05) is 6.54 Å². The molecule has 5 nitrogen and oxygen atoms in total. The molecule has 2 aromatic heterocycles. The van der Waals surface area contributed by atoms with Crippen molar-refractivity contribution in [2.75, 3.05) is 0 Å². The molecule has 0 radical (unpaired) electrons. The van der Waals surface area contributed by atoms with Crippen LogP contribution in [0, 0.1) is 6.92 Å². The minimum atomic E-state index is 0.00561. The van der Waals surface area contributed by atoms with Crippen LogP contribution in [0.3, 0.4) is 0 Å². The minimum absolute atomic E-state index is 0.00561. The first-order chi connectivity index (χ1) is 7.74. The third-order valence-corrected chi connectivity index (χ3v) is 2.88. The Labute approximate surface area is 93.3 Å². The van der Waals surface area contributed by atoms with Crippen LogP contribution in [0.2, 0.25) is 0 Å². The second-order valence-electron chi connectivity index (χ2n) is 4.18. The molecule has 1 unspecified atom stereocenters. The van der Waals surface area contributed by atoms with Gasteiger partial charge in [-0.05, 0) is 31.9 Å². The molecule has 0 aliphatic carbocycles. The van der Waals surface area contributed by atoms with Gasteiger partial charge in [-0.3, -0.25) is 0 Å². The predicted molar refractivity (Wildman–Crippen MR) is 58.6 cm³/mol. The Morgan fingerprint density at radius 3 is 3.06 bits per heavy atom. The molecule has 84 valence electrons. The van der Waals surface area contributed by atoms with Gasteiger partial charge < -0.3 is 10.2 Å². The van der Waals surface area contributed by atoms with E-state index in [1.54, 1.807) is 0 Å². The monoisotopic (exact) mass is 218 g/mol. The molecule has 0 bridgehead atoms. The maximum Gasteiger partial charge on any atom is 0.217 e. The second kappa shape index (κ2) is 3.45. The minimum Gasteiger partial charge on any atom is -0.458 e. The fraction of sp³-hybridized carbons (Fsp3) is 0.455. The third kappa shape index (κ3) is 1.44. The summed E-state index contributed by atoms with van der Waals surface area (Å²) in [6.07, 6.45) is 2.05. The zero-order valence-corrected chi connectivity index (χ0v) is 9.18. The zero-order valence-electron chi connectivity index (χ0n) is 9.18. The van der Waals surface area contributed by atoms with E-state index in [9.17, 15) is 0 Å². The topological polar surface area (TPSA) is 69.9 Å². The lowest BCUT2D eigenvalue weighted by molar-refractivity contribution is 0.422. The second-order valence-corrected chi connectivity index (χ2v) is 4.18. The summed E-state index contributed by atoms with van der Waals surface area (Å²) in [4.78, 5) is 4.45. The first-order valence-electron chi connectivity index (χ1n) is 5.51. The van der Waals surface area contributed by atoms with Gasteiger partial charge in [0.25, 0.3) is 0 Å². The van der Waals surface area contributed by atoms with Gasteiger partial charge in [0.1, 0.15) is 11.6 Å². The van der Waals surface area contributed by atoms with Crippen LogP contribution in [0.25, 0.3) is 11.6 Å². The SMILES string of the molecule is Cc1ccc(-c2nc3n(n2)CCCC3N)o1. The van der Waals surface area contributed by atoms with E-state index < -0.39 is 0 Å². The van der Waals surface area contributed by atoms with Crippen molar-refractivity contribution in [3.8, 4) is 11.6 Å². The molecule has 16 heavy (non-hydrogen) atoms. The van der Waals surface area contributed by atoms with Crippen LogP contribution < -0.4 is 5.73 Å². The van der Waals surface area contributed by atoms with Crippen molar-refractivity contribution in [2.45, 2.75) is 32.4 Å². The van der Waals surface area contributed by atoms with Gasteiger partial charge in [-0.15, -0.1) is 5.10 Å². The summed E-state index contributed by atoms with van der Waals surface area (Å²) < 4.78 is 7.39. The van der Waals surface area contributed by atoms with Crippen molar-refractivity contribution >= 4 is 0 Å². The highest BCUT2D eigenvalue weighted by Gasteiger charge is 2.22. The molecule has 0 spiro atoms. The number of aryl methyl sites for hydroxylation is 2. The van der Waals surface area contributed by atoms with E-state index in [4.69, 9.17) is 10.2 Å². The fourth-order valence-corrected chi connectivity index (χ4v) is 2.04. The van der Waals surface area contributed by atoms with Crippen molar-refractivity contribution in [2.24, 2.45) is 5.73 Å². The number of hydrogen-bond donors (Lipinski definition) is 1. The van der Waals surface area contributed by atoms with E-state index in [0.29, 0.717) is 11.6 Å². The van der Waals surface area contributed by atoms with Crippen LogP contribution in [-0.2, 0) is 6.54 Å². The van der Waals surface area contributed by atoms with E-state index in [2.05, 4.69) is 10.1 Å². The maximum atomic E-state index is 5.99. The van der Waals surface area contributed by atoms with Crippen LogP contribution in [0.15, 0.2) is 16.5 Å². The molecule has 1 aliphatic rings. The molecule has 0 aromatic carbocycles. The largest absolute Gasteiger partial charge is 0.458 e. The average Bonchev–Trinajstić information content (AvgIpc) is 2.84. The summed E-state index contributed by atoms with van der Waals surface area (Å²) in [6.45, 7) is 2.81. The van der Waals surface area contributed by atoms with Gasteiger partial charge in [-0.1, -0.05) is 0 Å². The van der Waals surface area contributed by atoms with E-state index in [1.165, 1.54) is 0 Å². The number of nitrogens with two attached hydrogens (primary N) is 1. The van der Waals surface area contributed by atoms with Crippen LogP contribution >= 0.6 is 0 Å². The molecule has 0 saturated carbocycles. The summed E-state index contributed by atoms with van der Waals surface area (Å²) in [7, 11) is 0. The van der Waals surface area contributed by atoms with Gasteiger partial charge >= 0.3 is 0 Å². The van der Waals surface area contributed by atoms with Gasteiger partial charge in [0.05, 0.1) is 6.04 Å². The van der Waals surface area contributed by atoms with Crippen LogP contribution in [0.5, 0.6) is 0 Å².